The zero-order valence-electron chi connectivity index (χ0n) is 13.0. The van der Waals surface area contributed by atoms with E-state index >= 15 is 0 Å². The number of rotatable bonds is 4. The zero-order valence-corrected chi connectivity index (χ0v) is 13.8. The molecule has 0 aliphatic heterocycles. The number of ether oxygens (including phenoxy) is 1. The van der Waals surface area contributed by atoms with Crippen LogP contribution in [0.15, 0.2) is 59.4 Å². The molecule has 0 radical (unpaired) electrons. The largest absolute Gasteiger partial charge is 0.497 e. The Morgan fingerprint density at radius 3 is 2.46 bits per heavy atom. The second kappa shape index (κ2) is 7.10. The number of hydrogen-bond acceptors (Lipinski definition) is 4. The Morgan fingerprint density at radius 2 is 1.79 bits per heavy atom. The Labute approximate surface area is 142 Å². The number of carbonyl (C=O) groups excluding carboxylic acids is 1. The summed E-state index contributed by atoms with van der Waals surface area (Å²) in [6, 6.07) is 16.4. The van der Waals surface area contributed by atoms with Gasteiger partial charge in [-0.15, -0.1) is 11.3 Å². The van der Waals surface area contributed by atoms with Gasteiger partial charge in [0.1, 0.15) is 5.75 Å². The van der Waals surface area contributed by atoms with Crippen molar-refractivity contribution in [3.63, 3.8) is 0 Å². The predicted molar refractivity (Wildman–Crippen MR) is 96.0 cm³/mol. The molecule has 3 rings (SSSR count). The molecular formula is C19H15NO3S. The highest BCUT2D eigenvalue weighted by molar-refractivity contribution is 7.07. The fraction of sp³-hybridized carbons (Fsp3) is 0.0526. The summed E-state index contributed by atoms with van der Waals surface area (Å²) >= 11 is 1.26. The first kappa shape index (κ1) is 16.0. The van der Waals surface area contributed by atoms with Crippen LogP contribution in [0.2, 0.25) is 0 Å². The van der Waals surface area contributed by atoms with Crippen molar-refractivity contribution in [2.45, 2.75) is 0 Å². The molecule has 0 atom stereocenters. The van der Waals surface area contributed by atoms with Crippen molar-refractivity contribution in [2.24, 2.45) is 0 Å². The molecule has 0 saturated carbocycles. The first-order valence-electron chi connectivity index (χ1n) is 7.32. The number of hydrogen-bond donors (Lipinski definition) is 1. The minimum absolute atomic E-state index is 0.165. The fourth-order valence-electron chi connectivity index (χ4n) is 2.18. The van der Waals surface area contributed by atoms with Crippen LogP contribution in [-0.2, 0) is 0 Å². The van der Waals surface area contributed by atoms with E-state index < -0.39 is 0 Å². The van der Waals surface area contributed by atoms with Gasteiger partial charge in [0.15, 0.2) is 5.78 Å². The number of carbonyl (C=O) groups is 1. The number of thiazole rings is 1. The van der Waals surface area contributed by atoms with Crippen molar-refractivity contribution in [1.29, 1.82) is 0 Å². The van der Waals surface area contributed by atoms with Crippen LogP contribution in [0, 0.1) is 0 Å². The topological polar surface area (TPSA) is 59.2 Å². The third-order valence-electron chi connectivity index (χ3n) is 3.41. The van der Waals surface area contributed by atoms with Gasteiger partial charge in [-0.05, 0) is 35.9 Å². The molecule has 3 aromatic rings. The Kier molecular flexibility index (Phi) is 4.72. The highest BCUT2D eigenvalue weighted by Gasteiger charge is 2.03. The van der Waals surface area contributed by atoms with Gasteiger partial charge in [-0.25, -0.2) is 0 Å². The van der Waals surface area contributed by atoms with Crippen LogP contribution in [0.1, 0.15) is 15.9 Å². The lowest BCUT2D eigenvalue weighted by Crippen LogP contribution is -2.19. The van der Waals surface area contributed by atoms with E-state index in [1.165, 1.54) is 17.4 Å². The van der Waals surface area contributed by atoms with Crippen molar-refractivity contribution in [3.8, 4) is 5.75 Å². The first-order valence-corrected chi connectivity index (χ1v) is 8.13. The lowest BCUT2D eigenvalue weighted by molar-refractivity contribution is 0.106. The minimum atomic E-state index is -0.197. The standard InChI is InChI=1S/C19H15NO3S/c1-23-15-9-7-14(8-10-15)16(21)12-18-20-19(22)17(24-18)11-13-5-3-2-4-6-13/h2-12H,1H3,(H,20,22)/b17-11-,18-12-. The van der Waals surface area contributed by atoms with E-state index in [1.807, 2.05) is 30.3 Å². The average molecular weight is 337 g/mol. The van der Waals surface area contributed by atoms with Crippen molar-refractivity contribution in [3.05, 3.63) is 85.3 Å². The van der Waals surface area contributed by atoms with E-state index in [1.54, 1.807) is 37.5 Å². The van der Waals surface area contributed by atoms with Crippen LogP contribution in [0.4, 0.5) is 0 Å². The molecule has 24 heavy (non-hydrogen) atoms. The number of methoxy groups -OCH3 is 1. The Bertz CT molecular complexity index is 1010. The van der Waals surface area contributed by atoms with Gasteiger partial charge in [0.2, 0.25) is 0 Å². The molecule has 0 fully saturated rings. The van der Waals surface area contributed by atoms with E-state index in [9.17, 15) is 9.59 Å². The van der Waals surface area contributed by atoms with Crippen LogP contribution >= 0.6 is 11.3 Å². The Balaban J connectivity index is 1.93. The lowest BCUT2D eigenvalue weighted by atomic mass is 10.1. The smallest absolute Gasteiger partial charge is 0.266 e. The van der Waals surface area contributed by atoms with Crippen molar-refractivity contribution < 1.29 is 9.53 Å². The second-order valence-corrected chi connectivity index (χ2v) is 6.16. The van der Waals surface area contributed by atoms with E-state index in [-0.39, 0.29) is 11.3 Å². The summed E-state index contributed by atoms with van der Waals surface area (Å²) in [6.07, 6.45) is 3.24. The molecule has 1 aromatic heterocycles. The predicted octanol–water partition coefficient (Wildman–Crippen LogP) is 1.94. The SMILES string of the molecule is COc1ccc(C(=O)/C=c2/[nH]c(=O)/c(=C/c3ccccc3)s2)cc1. The van der Waals surface area contributed by atoms with E-state index in [2.05, 4.69) is 4.98 Å². The Morgan fingerprint density at radius 1 is 1.08 bits per heavy atom. The first-order chi connectivity index (χ1) is 11.7. The molecule has 0 bridgehead atoms. The van der Waals surface area contributed by atoms with Gasteiger partial charge in [-0.1, -0.05) is 30.3 Å². The van der Waals surface area contributed by atoms with Crippen LogP contribution in [-0.4, -0.2) is 17.9 Å². The number of aromatic nitrogens is 1. The van der Waals surface area contributed by atoms with Gasteiger partial charge in [-0.3, -0.25) is 9.59 Å². The molecule has 120 valence electrons. The summed E-state index contributed by atoms with van der Waals surface area (Å²) in [5.41, 5.74) is 1.29. The third kappa shape index (κ3) is 3.70. The monoisotopic (exact) mass is 337 g/mol. The molecule has 0 spiro atoms. The molecule has 1 N–H and O–H groups in total. The molecule has 5 heteroatoms. The maximum absolute atomic E-state index is 12.3. The van der Waals surface area contributed by atoms with Crippen molar-refractivity contribution in [1.82, 2.24) is 4.98 Å². The normalized spacial score (nSPS) is 12.4. The number of ketones is 1. The minimum Gasteiger partial charge on any atom is -0.497 e. The molecule has 4 nitrogen and oxygen atoms in total. The number of nitrogens with one attached hydrogen (secondary N) is 1. The molecular weight excluding hydrogens is 322 g/mol. The van der Waals surface area contributed by atoms with Crippen LogP contribution in [0.3, 0.4) is 0 Å². The summed E-state index contributed by atoms with van der Waals surface area (Å²) in [5.74, 6) is 0.525. The summed E-state index contributed by atoms with van der Waals surface area (Å²) in [6.45, 7) is 0. The highest BCUT2D eigenvalue weighted by Crippen LogP contribution is 2.11. The zero-order chi connectivity index (χ0) is 16.9. The number of benzene rings is 2. The van der Waals surface area contributed by atoms with Gasteiger partial charge >= 0.3 is 0 Å². The average Bonchev–Trinajstić information content (AvgIpc) is 2.95. The van der Waals surface area contributed by atoms with E-state index in [4.69, 9.17) is 4.74 Å². The number of Topliss-reactive ketones (excluding diaryl/α,β-unsaturated/α-hetero) is 1. The second-order valence-electron chi connectivity index (χ2n) is 5.08. The van der Waals surface area contributed by atoms with E-state index in [0.717, 1.165) is 5.56 Å². The van der Waals surface area contributed by atoms with Crippen LogP contribution in [0.25, 0.3) is 12.2 Å². The van der Waals surface area contributed by atoms with Gasteiger partial charge in [0, 0.05) is 11.6 Å². The molecule has 0 aliphatic carbocycles. The molecule has 0 saturated heterocycles. The molecule has 2 aromatic carbocycles. The van der Waals surface area contributed by atoms with Crippen LogP contribution in [0.5, 0.6) is 5.75 Å². The van der Waals surface area contributed by atoms with E-state index in [0.29, 0.717) is 20.5 Å². The molecule has 0 amide bonds. The van der Waals surface area contributed by atoms with Crippen LogP contribution < -0.4 is 19.5 Å². The van der Waals surface area contributed by atoms with Gasteiger partial charge in [0.25, 0.3) is 5.56 Å². The lowest BCUT2D eigenvalue weighted by Gasteiger charge is -1.99. The molecule has 0 unspecified atom stereocenters. The maximum atomic E-state index is 12.3. The number of aromatic amines is 1. The van der Waals surface area contributed by atoms with Gasteiger partial charge in [0.05, 0.1) is 16.3 Å². The summed E-state index contributed by atoms with van der Waals surface area (Å²) in [7, 11) is 1.57. The number of H-pyrrole nitrogens is 1. The quantitative estimate of drug-likeness (QED) is 0.740. The van der Waals surface area contributed by atoms with Crippen molar-refractivity contribution in [2.75, 3.05) is 7.11 Å². The Hall–Kier alpha value is -2.92. The fourth-order valence-corrected chi connectivity index (χ4v) is 3.07. The maximum Gasteiger partial charge on any atom is 0.266 e. The highest BCUT2D eigenvalue weighted by atomic mass is 32.1. The van der Waals surface area contributed by atoms with Crippen molar-refractivity contribution >= 4 is 29.3 Å². The molecule has 0 aliphatic rings. The summed E-state index contributed by atoms with van der Waals surface area (Å²) < 4.78 is 6.17. The summed E-state index contributed by atoms with van der Waals surface area (Å²) in [5, 5.41) is 0. The molecule has 1 heterocycles. The van der Waals surface area contributed by atoms with Gasteiger partial charge < -0.3 is 9.72 Å². The third-order valence-corrected chi connectivity index (χ3v) is 4.38. The van der Waals surface area contributed by atoms with Gasteiger partial charge in [-0.2, -0.15) is 0 Å². The summed E-state index contributed by atoms with van der Waals surface area (Å²) in [4.78, 5) is 27.0.